The SMILES string of the molecule is COC(=O)CC[C@@H](C)[C@@H]1CC[C@H]2[C@@H]3CC[C@@H]4C[C@H](OC(=O)c5ccccc5)CC[C@]4(C)C3=CC(=O)[C@]12C. The fraction of sp³-hybridized carbons (Fsp3) is 0.656. The average Bonchev–Trinajstić information content (AvgIpc) is 3.27. The van der Waals surface area contributed by atoms with E-state index in [1.165, 1.54) is 12.7 Å². The van der Waals surface area contributed by atoms with Crippen molar-refractivity contribution in [1.82, 2.24) is 0 Å². The quantitative estimate of drug-likeness (QED) is 0.409. The highest BCUT2D eigenvalue weighted by Crippen LogP contribution is 2.65. The summed E-state index contributed by atoms with van der Waals surface area (Å²) in [7, 11) is 1.44. The van der Waals surface area contributed by atoms with Gasteiger partial charge in [-0.2, -0.15) is 0 Å². The fourth-order valence-corrected chi connectivity index (χ4v) is 8.77. The normalized spacial score (nSPS) is 37.5. The molecule has 1 aromatic carbocycles. The second-order valence-corrected chi connectivity index (χ2v) is 12.6. The summed E-state index contributed by atoms with van der Waals surface area (Å²) < 4.78 is 10.8. The topological polar surface area (TPSA) is 69.7 Å². The molecule has 0 unspecified atom stereocenters. The highest BCUT2D eigenvalue weighted by atomic mass is 16.5. The third-order valence-corrected chi connectivity index (χ3v) is 11.0. The van der Waals surface area contributed by atoms with Crippen molar-refractivity contribution in [2.45, 2.75) is 84.7 Å². The molecular weight excluding hydrogens is 464 g/mol. The number of carbonyl (C=O) groups is 3. The van der Waals surface area contributed by atoms with Crippen molar-refractivity contribution in [3.05, 3.63) is 47.5 Å². The Morgan fingerprint density at radius 1 is 1.05 bits per heavy atom. The van der Waals surface area contributed by atoms with Gasteiger partial charge in [0.25, 0.3) is 0 Å². The monoisotopic (exact) mass is 506 g/mol. The molecule has 0 aromatic heterocycles. The number of hydrogen-bond acceptors (Lipinski definition) is 5. The van der Waals surface area contributed by atoms with E-state index in [0.717, 1.165) is 51.4 Å². The molecule has 0 spiro atoms. The number of ketones is 1. The van der Waals surface area contributed by atoms with Gasteiger partial charge in [0.1, 0.15) is 6.10 Å². The second kappa shape index (κ2) is 10.0. The molecule has 4 aliphatic carbocycles. The number of hydrogen-bond donors (Lipinski definition) is 0. The lowest BCUT2D eigenvalue weighted by atomic mass is 9.48. The summed E-state index contributed by atoms with van der Waals surface area (Å²) in [6.07, 6.45) is 10.3. The lowest BCUT2D eigenvalue weighted by Gasteiger charge is -2.56. The van der Waals surface area contributed by atoms with Crippen LogP contribution in [-0.4, -0.2) is 30.9 Å². The zero-order valence-electron chi connectivity index (χ0n) is 22.8. The minimum Gasteiger partial charge on any atom is -0.469 e. The van der Waals surface area contributed by atoms with E-state index in [1.807, 2.05) is 18.2 Å². The van der Waals surface area contributed by atoms with Gasteiger partial charge >= 0.3 is 11.9 Å². The number of esters is 2. The van der Waals surface area contributed by atoms with Crippen molar-refractivity contribution < 1.29 is 23.9 Å². The molecule has 5 heteroatoms. The van der Waals surface area contributed by atoms with E-state index in [0.29, 0.717) is 47.4 Å². The van der Waals surface area contributed by atoms with Crippen LogP contribution in [0.1, 0.15) is 88.9 Å². The largest absolute Gasteiger partial charge is 0.469 e. The molecule has 5 rings (SSSR count). The van der Waals surface area contributed by atoms with Crippen LogP contribution in [0.3, 0.4) is 0 Å². The molecule has 0 bridgehead atoms. The number of methoxy groups -OCH3 is 1. The first-order valence-electron chi connectivity index (χ1n) is 14.3. The average molecular weight is 507 g/mol. The Morgan fingerprint density at radius 2 is 1.81 bits per heavy atom. The maximum absolute atomic E-state index is 13.9. The van der Waals surface area contributed by atoms with Gasteiger partial charge in [0.2, 0.25) is 0 Å². The zero-order valence-corrected chi connectivity index (χ0v) is 22.8. The van der Waals surface area contributed by atoms with Crippen LogP contribution in [0.5, 0.6) is 0 Å². The third-order valence-electron chi connectivity index (χ3n) is 11.0. The number of benzene rings is 1. The summed E-state index contributed by atoms with van der Waals surface area (Å²) in [5, 5.41) is 0. The van der Waals surface area contributed by atoms with E-state index in [4.69, 9.17) is 9.47 Å². The van der Waals surface area contributed by atoms with Crippen molar-refractivity contribution >= 4 is 17.7 Å². The molecule has 0 N–H and O–H groups in total. The minimum atomic E-state index is -0.338. The molecule has 37 heavy (non-hydrogen) atoms. The predicted molar refractivity (Wildman–Crippen MR) is 142 cm³/mol. The van der Waals surface area contributed by atoms with Gasteiger partial charge in [-0.25, -0.2) is 4.79 Å². The molecule has 0 heterocycles. The fourth-order valence-electron chi connectivity index (χ4n) is 8.77. The molecule has 4 aliphatic rings. The Hall–Kier alpha value is -2.43. The molecular formula is C32H42O5. The first-order valence-corrected chi connectivity index (χ1v) is 14.3. The summed E-state index contributed by atoms with van der Waals surface area (Å²) >= 11 is 0. The summed E-state index contributed by atoms with van der Waals surface area (Å²) in [6, 6.07) is 9.25. The maximum atomic E-state index is 13.9. The second-order valence-electron chi connectivity index (χ2n) is 12.6. The van der Waals surface area contributed by atoms with E-state index < -0.39 is 0 Å². The van der Waals surface area contributed by atoms with Crippen LogP contribution < -0.4 is 0 Å². The van der Waals surface area contributed by atoms with Crippen LogP contribution in [0, 0.1) is 40.4 Å². The van der Waals surface area contributed by atoms with E-state index in [2.05, 4.69) is 26.8 Å². The van der Waals surface area contributed by atoms with Gasteiger partial charge in [0, 0.05) is 11.8 Å². The van der Waals surface area contributed by atoms with Crippen molar-refractivity contribution in [3.63, 3.8) is 0 Å². The van der Waals surface area contributed by atoms with Gasteiger partial charge in [0.15, 0.2) is 5.78 Å². The number of carbonyl (C=O) groups excluding carboxylic acids is 3. The summed E-state index contributed by atoms with van der Waals surface area (Å²) in [4.78, 5) is 38.3. The lowest BCUT2D eigenvalue weighted by Crippen LogP contribution is -2.52. The Labute approximate surface area is 221 Å². The molecule has 0 radical (unpaired) electrons. The highest BCUT2D eigenvalue weighted by molar-refractivity contribution is 5.97. The molecule has 3 fully saturated rings. The van der Waals surface area contributed by atoms with Crippen molar-refractivity contribution in [2.75, 3.05) is 7.11 Å². The number of rotatable bonds is 6. The van der Waals surface area contributed by atoms with Gasteiger partial charge < -0.3 is 9.47 Å². The van der Waals surface area contributed by atoms with Crippen LogP contribution in [0.25, 0.3) is 0 Å². The Balaban J connectivity index is 1.31. The van der Waals surface area contributed by atoms with Gasteiger partial charge in [-0.1, -0.05) is 44.5 Å². The standard InChI is InChI=1S/C32H42O5/c1-20(10-15-29(34)36-4)25-13-14-26-24-12-11-22-18-23(37-30(35)21-8-6-5-7-9-21)16-17-31(22,2)27(24)19-28(33)32(25,26)3/h5-9,19-20,22-26H,10-18H2,1-4H3/t20-,22-,23-,24+,25+,26+,31+,32-/m1/s1. The van der Waals surface area contributed by atoms with Crippen LogP contribution in [-0.2, 0) is 19.1 Å². The first-order chi connectivity index (χ1) is 17.7. The van der Waals surface area contributed by atoms with Crippen LogP contribution in [0.2, 0.25) is 0 Å². The molecule has 0 amide bonds. The Bertz CT molecular complexity index is 1080. The molecule has 1 aromatic rings. The van der Waals surface area contributed by atoms with E-state index in [-0.39, 0.29) is 28.9 Å². The van der Waals surface area contributed by atoms with Crippen molar-refractivity contribution in [2.24, 2.45) is 40.4 Å². The summed E-state index contributed by atoms with van der Waals surface area (Å²) in [5.74, 6) is 1.81. The van der Waals surface area contributed by atoms with E-state index in [9.17, 15) is 14.4 Å². The maximum Gasteiger partial charge on any atom is 0.338 e. The molecule has 3 saturated carbocycles. The Morgan fingerprint density at radius 3 is 2.54 bits per heavy atom. The summed E-state index contributed by atoms with van der Waals surface area (Å²) in [6.45, 7) is 6.80. The molecule has 8 atom stereocenters. The highest BCUT2D eigenvalue weighted by Gasteiger charge is 2.61. The van der Waals surface area contributed by atoms with Gasteiger partial charge in [-0.05, 0) is 105 Å². The Kier molecular flexibility index (Phi) is 7.10. The van der Waals surface area contributed by atoms with Crippen LogP contribution >= 0.6 is 0 Å². The molecule has 200 valence electrons. The van der Waals surface area contributed by atoms with Gasteiger partial charge in [0.05, 0.1) is 12.7 Å². The van der Waals surface area contributed by atoms with Crippen molar-refractivity contribution in [3.8, 4) is 0 Å². The van der Waals surface area contributed by atoms with Gasteiger partial charge in [-0.15, -0.1) is 0 Å². The smallest absolute Gasteiger partial charge is 0.338 e. The first kappa shape index (κ1) is 26.2. The lowest BCUT2D eigenvalue weighted by molar-refractivity contribution is -0.141. The molecule has 5 nitrogen and oxygen atoms in total. The number of ether oxygens (including phenoxy) is 2. The van der Waals surface area contributed by atoms with E-state index in [1.54, 1.807) is 12.1 Å². The number of allylic oxidation sites excluding steroid dienone is 2. The number of fused-ring (bicyclic) bond motifs is 5. The molecule has 0 saturated heterocycles. The van der Waals surface area contributed by atoms with Crippen molar-refractivity contribution in [1.29, 1.82) is 0 Å². The minimum absolute atomic E-state index is 0.00411. The van der Waals surface area contributed by atoms with Crippen LogP contribution in [0.4, 0.5) is 0 Å². The van der Waals surface area contributed by atoms with Gasteiger partial charge in [-0.3, -0.25) is 9.59 Å². The predicted octanol–water partition coefficient (Wildman–Crippen LogP) is 6.56. The zero-order chi connectivity index (χ0) is 26.4. The summed E-state index contributed by atoms with van der Waals surface area (Å²) in [5.41, 5.74) is 1.65. The van der Waals surface area contributed by atoms with E-state index >= 15 is 0 Å². The molecule has 0 aliphatic heterocycles. The third kappa shape index (κ3) is 4.46. The van der Waals surface area contributed by atoms with Crippen LogP contribution in [0.15, 0.2) is 42.0 Å².